The summed E-state index contributed by atoms with van der Waals surface area (Å²) in [7, 11) is 0. The third kappa shape index (κ3) is 4.58. The highest BCUT2D eigenvalue weighted by atomic mass is 35.5. The van der Waals surface area contributed by atoms with Gasteiger partial charge in [-0.25, -0.2) is 9.97 Å². The van der Waals surface area contributed by atoms with Gasteiger partial charge in [0.25, 0.3) is 0 Å². The van der Waals surface area contributed by atoms with Crippen molar-refractivity contribution >= 4 is 23.2 Å². The number of halogens is 2. The summed E-state index contributed by atoms with van der Waals surface area (Å²) in [6.45, 7) is 0. The standard InChI is InChI=1S/C3HCl2N3.C3H3N3/c4-2-6-1-7-3(5)8-2;1-2-4-6-5-3-1/h1H;1-3H. The van der Waals surface area contributed by atoms with E-state index in [1.807, 2.05) is 0 Å². The molecule has 6 nitrogen and oxygen atoms in total. The minimum Gasteiger partial charge on any atom is -0.206 e. The first kappa shape index (κ1) is 10.7. The van der Waals surface area contributed by atoms with Crippen LogP contribution in [0.4, 0.5) is 0 Å². The van der Waals surface area contributed by atoms with Gasteiger partial charge in [0.2, 0.25) is 10.6 Å². The van der Waals surface area contributed by atoms with Crippen LogP contribution in [0.25, 0.3) is 0 Å². The van der Waals surface area contributed by atoms with Gasteiger partial charge in [0.15, 0.2) is 0 Å². The topological polar surface area (TPSA) is 77.3 Å². The molecule has 0 aliphatic rings. The van der Waals surface area contributed by atoms with Crippen molar-refractivity contribution in [2.24, 2.45) is 0 Å². The van der Waals surface area contributed by atoms with E-state index in [4.69, 9.17) is 23.2 Å². The molecule has 2 rings (SSSR count). The fourth-order valence-electron chi connectivity index (χ4n) is 0.463. The van der Waals surface area contributed by atoms with Crippen LogP contribution in [-0.2, 0) is 0 Å². The Labute approximate surface area is 89.4 Å². The van der Waals surface area contributed by atoms with E-state index in [0.29, 0.717) is 0 Å². The summed E-state index contributed by atoms with van der Waals surface area (Å²) >= 11 is 10.6. The van der Waals surface area contributed by atoms with Gasteiger partial charge in [0, 0.05) is 0 Å². The van der Waals surface area contributed by atoms with Crippen molar-refractivity contribution in [2.75, 3.05) is 0 Å². The second-order valence-corrected chi connectivity index (χ2v) is 2.51. The summed E-state index contributed by atoms with van der Waals surface area (Å²) in [5.74, 6) is 0. The Morgan fingerprint density at radius 3 is 1.71 bits per heavy atom. The fourth-order valence-corrected chi connectivity index (χ4v) is 0.754. The van der Waals surface area contributed by atoms with Gasteiger partial charge in [-0.3, -0.25) is 0 Å². The third-order valence-corrected chi connectivity index (χ3v) is 1.29. The maximum Gasteiger partial charge on any atom is 0.226 e. The van der Waals surface area contributed by atoms with Gasteiger partial charge in [-0.05, 0) is 34.5 Å². The van der Waals surface area contributed by atoms with Crippen molar-refractivity contribution < 1.29 is 0 Å². The monoisotopic (exact) mass is 230 g/mol. The molecule has 0 aliphatic heterocycles. The minimum absolute atomic E-state index is 0.116. The molecule has 0 N–H and O–H groups in total. The molecular formula is C6H4Cl2N6. The van der Waals surface area contributed by atoms with Crippen LogP contribution in [0.15, 0.2) is 24.8 Å². The van der Waals surface area contributed by atoms with Crippen molar-refractivity contribution in [3.05, 3.63) is 35.4 Å². The fraction of sp³-hybridized carbons (Fsp3) is 0. The Kier molecular flexibility index (Phi) is 4.66. The number of rotatable bonds is 0. The molecule has 0 radical (unpaired) electrons. The molecule has 0 spiro atoms. The maximum atomic E-state index is 5.30. The molecule has 2 heterocycles. The van der Waals surface area contributed by atoms with Crippen molar-refractivity contribution in [1.82, 2.24) is 30.4 Å². The van der Waals surface area contributed by atoms with Gasteiger partial charge in [-0.15, -0.1) is 10.2 Å². The SMILES string of the molecule is Clc1ncnc(Cl)n1.c1cnnnc1. The van der Waals surface area contributed by atoms with Crippen LogP contribution in [0.5, 0.6) is 0 Å². The lowest BCUT2D eigenvalue weighted by molar-refractivity contribution is 0.865. The summed E-state index contributed by atoms with van der Waals surface area (Å²) in [5, 5.41) is 10.4. The first-order valence-corrected chi connectivity index (χ1v) is 4.13. The molecule has 0 atom stereocenters. The second-order valence-electron chi connectivity index (χ2n) is 1.83. The van der Waals surface area contributed by atoms with Gasteiger partial charge in [0.05, 0.1) is 12.4 Å². The van der Waals surface area contributed by atoms with E-state index in [1.165, 1.54) is 6.33 Å². The van der Waals surface area contributed by atoms with E-state index < -0.39 is 0 Å². The number of nitrogens with zero attached hydrogens (tertiary/aromatic N) is 6. The second kappa shape index (κ2) is 6.11. The van der Waals surface area contributed by atoms with Gasteiger partial charge in [-0.1, -0.05) is 0 Å². The van der Waals surface area contributed by atoms with Gasteiger partial charge in [-0.2, -0.15) is 4.98 Å². The number of hydrogen-bond donors (Lipinski definition) is 0. The lowest BCUT2D eigenvalue weighted by atomic mass is 10.7. The van der Waals surface area contributed by atoms with Crippen LogP contribution in [0, 0.1) is 0 Å². The quantitative estimate of drug-likeness (QED) is 0.674. The minimum atomic E-state index is 0.116. The van der Waals surface area contributed by atoms with Crippen molar-refractivity contribution in [2.45, 2.75) is 0 Å². The lowest BCUT2D eigenvalue weighted by Gasteiger charge is -1.84. The Morgan fingerprint density at radius 1 is 0.929 bits per heavy atom. The highest BCUT2D eigenvalue weighted by molar-refractivity contribution is 6.30. The Hall–Kier alpha value is -1.40. The summed E-state index contributed by atoms with van der Waals surface area (Å²) in [5.41, 5.74) is 0. The van der Waals surface area contributed by atoms with Crippen molar-refractivity contribution in [3.8, 4) is 0 Å². The molecular weight excluding hydrogens is 227 g/mol. The average Bonchev–Trinajstić information content (AvgIpc) is 2.21. The van der Waals surface area contributed by atoms with Crippen LogP contribution in [0.1, 0.15) is 0 Å². The molecule has 0 bridgehead atoms. The Bertz CT molecular complexity index is 326. The van der Waals surface area contributed by atoms with E-state index >= 15 is 0 Å². The molecule has 0 aliphatic carbocycles. The summed E-state index contributed by atoms with van der Waals surface area (Å²) in [4.78, 5) is 10.5. The van der Waals surface area contributed by atoms with Gasteiger partial charge < -0.3 is 0 Å². The molecule has 0 amide bonds. The molecule has 0 unspecified atom stereocenters. The zero-order valence-electron chi connectivity index (χ0n) is 6.75. The van der Waals surface area contributed by atoms with Crippen LogP contribution in [0.2, 0.25) is 10.6 Å². The molecule has 0 fully saturated rings. The summed E-state index contributed by atoms with van der Waals surface area (Å²) in [6, 6.07) is 1.72. The van der Waals surface area contributed by atoms with E-state index in [1.54, 1.807) is 18.5 Å². The molecule has 2 aromatic heterocycles. The lowest BCUT2D eigenvalue weighted by Crippen LogP contribution is -1.83. The number of aromatic nitrogens is 6. The third-order valence-electron chi connectivity index (χ3n) is 0.922. The molecule has 14 heavy (non-hydrogen) atoms. The van der Waals surface area contributed by atoms with Crippen LogP contribution >= 0.6 is 23.2 Å². The molecule has 0 saturated carbocycles. The molecule has 8 heteroatoms. The smallest absolute Gasteiger partial charge is 0.206 e. The molecule has 72 valence electrons. The zero-order valence-corrected chi connectivity index (χ0v) is 8.26. The predicted octanol–water partition coefficient (Wildman–Crippen LogP) is 1.05. The van der Waals surface area contributed by atoms with E-state index in [9.17, 15) is 0 Å². The summed E-state index contributed by atoms with van der Waals surface area (Å²) < 4.78 is 0. The van der Waals surface area contributed by atoms with Crippen LogP contribution in [0.3, 0.4) is 0 Å². The van der Waals surface area contributed by atoms with E-state index in [-0.39, 0.29) is 10.6 Å². The zero-order chi connectivity index (χ0) is 10.2. The van der Waals surface area contributed by atoms with Crippen molar-refractivity contribution in [1.29, 1.82) is 0 Å². The highest BCUT2D eigenvalue weighted by Gasteiger charge is 1.89. The highest BCUT2D eigenvalue weighted by Crippen LogP contribution is 2.00. The average molecular weight is 231 g/mol. The largest absolute Gasteiger partial charge is 0.226 e. The molecule has 2 aromatic rings. The molecule has 0 saturated heterocycles. The first-order chi connectivity index (χ1) is 6.79. The van der Waals surface area contributed by atoms with Gasteiger partial charge >= 0.3 is 0 Å². The normalized spacial score (nSPS) is 8.71. The number of hydrogen-bond acceptors (Lipinski definition) is 6. The first-order valence-electron chi connectivity index (χ1n) is 3.37. The molecule has 0 aromatic carbocycles. The van der Waals surface area contributed by atoms with Crippen LogP contribution in [-0.4, -0.2) is 30.4 Å². The summed E-state index contributed by atoms with van der Waals surface area (Å²) in [6.07, 6.45) is 4.40. The van der Waals surface area contributed by atoms with Crippen molar-refractivity contribution in [3.63, 3.8) is 0 Å². The Balaban J connectivity index is 0.000000146. The van der Waals surface area contributed by atoms with E-state index in [2.05, 4.69) is 30.4 Å². The van der Waals surface area contributed by atoms with E-state index in [0.717, 1.165) is 0 Å². The maximum absolute atomic E-state index is 5.30. The predicted molar refractivity (Wildman–Crippen MR) is 49.7 cm³/mol. The van der Waals surface area contributed by atoms with Gasteiger partial charge in [0.1, 0.15) is 6.33 Å². The van der Waals surface area contributed by atoms with Crippen LogP contribution < -0.4 is 0 Å². The Morgan fingerprint density at radius 2 is 1.50 bits per heavy atom.